The Labute approximate surface area is 145 Å². The van der Waals surface area contributed by atoms with Gasteiger partial charge in [-0.3, -0.25) is 4.79 Å². The predicted octanol–water partition coefficient (Wildman–Crippen LogP) is 3.17. The minimum atomic E-state index is -0.202. The Morgan fingerprint density at radius 2 is 2.00 bits per heavy atom. The SMILES string of the molecule is COc1ccc(OC)c(NC(=O)Cn2ccc3ccc(C#N)cc32)c1. The third-order valence-corrected chi connectivity index (χ3v) is 3.90. The number of nitriles is 1. The van der Waals surface area contributed by atoms with Gasteiger partial charge in [-0.15, -0.1) is 0 Å². The topological polar surface area (TPSA) is 76.3 Å². The molecule has 1 heterocycles. The van der Waals surface area contributed by atoms with Crippen LogP contribution in [0.2, 0.25) is 0 Å². The molecule has 0 saturated heterocycles. The lowest BCUT2D eigenvalue weighted by molar-refractivity contribution is -0.116. The molecule has 0 fully saturated rings. The number of amides is 1. The summed E-state index contributed by atoms with van der Waals surface area (Å²) in [5, 5.41) is 12.9. The molecule has 1 N–H and O–H groups in total. The number of fused-ring (bicyclic) bond motifs is 1. The van der Waals surface area contributed by atoms with Crippen LogP contribution in [0.25, 0.3) is 10.9 Å². The number of carbonyl (C=O) groups is 1. The lowest BCUT2D eigenvalue weighted by Gasteiger charge is -2.12. The molecule has 25 heavy (non-hydrogen) atoms. The van der Waals surface area contributed by atoms with Crippen LogP contribution in [0.4, 0.5) is 5.69 Å². The molecule has 0 unspecified atom stereocenters. The first-order valence-electron chi connectivity index (χ1n) is 7.65. The van der Waals surface area contributed by atoms with Crippen LogP contribution in [0, 0.1) is 11.3 Å². The van der Waals surface area contributed by atoms with Crippen LogP contribution in [-0.2, 0) is 11.3 Å². The molecule has 0 atom stereocenters. The number of benzene rings is 2. The lowest BCUT2D eigenvalue weighted by atomic mass is 10.2. The van der Waals surface area contributed by atoms with Crippen molar-refractivity contribution in [2.45, 2.75) is 6.54 Å². The normalized spacial score (nSPS) is 10.3. The van der Waals surface area contributed by atoms with Crippen LogP contribution in [0.3, 0.4) is 0 Å². The number of carbonyl (C=O) groups excluding carboxylic acids is 1. The maximum atomic E-state index is 12.5. The van der Waals surface area contributed by atoms with Crippen molar-refractivity contribution in [3.63, 3.8) is 0 Å². The van der Waals surface area contributed by atoms with Crippen molar-refractivity contribution in [2.24, 2.45) is 0 Å². The molecule has 6 heteroatoms. The maximum absolute atomic E-state index is 12.5. The van der Waals surface area contributed by atoms with Gasteiger partial charge in [0.2, 0.25) is 5.91 Å². The van der Waals surface area contributed by atoms with E-state index in [9.17, 15) is 4.79 Å². The van der Waals surface area contributed by atoms with Crippen molar-refractivity contribution in [2.75, 3.05) is 19.5 Å². The van der Waals surface area contributed by atoms with Gasteiger partial charge < -0.3 is 19.4 Å². The molecule has 0 aliphatic carbocycles. The van der Waals surface area contributed by atoms with E-state index in [2.05, 4.69) is 11.4 Å². The van der Waals surface area contributed by atoms with Gasteiger partial charge in [-0.1, -0.05) is 6.07 Å². The van der Waals surface area contributed by atoms with Gasteiger partial charge in [-0.25, -0.2) is 0 Å². The van der Waals surface area contributed by atoms with Gasteiger partial charge in [0.25, 0.3) is 0 Å². The summed E-state index contributed by atoms with van der Waals surface area (Å²) in [6, 6.07) is 14.6. The third-order valence-electron chi connectivity index (χ3n) is 3.90. The van der Waals surface area contributed by atoms with E-state index in [4.69, 9.17) is 14.7 Å². The smallest absolute Gasteiger partial charge is 0.244 e. The number of methoxy groups -OCH3 is 2. The van der Waals surface area contributed by atoms with Crippen LogP contribution in [0.15, 0.2) is 48.7 Å². The van der Waals surface area contributed by atoms with E-state index in [-0.39, 0.29) is 12.5 Å². The number of hydrogen-bond donors (Lipinski definition) is 1. The van der Waals surface area contributed by atoms with Crippen LogP contribution < -0.4 is 14.8 Å². The second-order valence-electron chi connectivity index (χ2n) is 5.44. The van der Waals surface area contributed by atoms with E-state index < -0.39 is 0 Å². The molecule has 1 amide bonds. The van der Waals surface area contributed by atoms with E-state index in [0.29, 0.717) is 22.7 Å². The summed E-state index contributed by atoms with van der Waals surface area (Å²) >= 11 is 0. The molecule has 3 aromatic rings. The molecule has 0 radical (unpaired) electrons. The van der Waals surface area contributed by atoms with E-state index in [1.165, 1.54) is 0 Å². The second-order valence-corrected chi connectivity index (χ2v) is 5.44. The first-order chi connectivity index (χ1) is 12.1. The Balaban J connectivity index is 1.83. The van der Waals surface area contributed by atoms with Crippen molar-refractivity contribution in [3.8, 4) is 17.6 Å². The molecule has 0 spiro atoms. The van der Waals surface area contributed by atoms with Crippen molar-refractivity contribution < 1.29 is 14.3 Å². The highest BCUT2D eigenvalue weighted by Crippen LogP contribution is 2.29. The zero-order valence-corrected chi connectivity index (χ0v) is 13.9. The number of nitrogens with zero attached hydrogens (tertiary/aromatic N) is 2. The monoisotopic (exact) mass is 335 g/mol. The summed E-state index contributed by atoms with van der Waals surface area (Å²) in [7, 11) is 3.10. The molecule has 6 nitrogen and oxygen atoms in total. The zero-order chi connectivity index (χ0) is 17.8. The molecular weight excluding hydrogens is 318 g/mol. The second kappa shape index (κ2) is 6.97. The number of rotatable bonds is 5. The molecule has 126 valence electrons. The van der Waals surface area contributed by atoms with Gasteiger partial charge in [-0.05, 0) is 35.7 Å². The van der Waals surface area contributed by atoms with Crippen LogP contribution in [0.1, 0.15) is 5.56 Å². The van der Waals surface area contributed by atoms with E-state index in [1.54, 1.807) is 49.1 Å². The van der Waals surface area contributed by atoms with Gasteiger partial charge in [0, 0.05) is 17.8 Å². The summed E-state index contributed by atoms with van der Waals surface area (Å²) in [6.07, 6.45) is 1.83. The van der Waals surface area contributed by atoms with Crippen LogP contribution in [-0.4, -0.2) is 24.7 Å². The maximum Gasteiger partial charge on any atom is 0.244 e. The fourth-order valence-corrected chi connectivity index (χ4v) is 2.65. The fraction of sp³-hybridized carbons (Fsp3) is 0.158. The summed E-state index contributed by atoms with van der Waals surface area (Å²) in [6.45, 7) is 0.124. The summed E-state index contributed by atoms with van der Waals surface area (Å²) in [4.78, 5) is 12.5. The number of hydrogen-bond acceptors (Lipinski definition) is 4. The lowest BCUT2D eigenvalue weighted by Crippen LogP contribution is -2.18. The Morgan fingerprint density at radius 1 is 1.16 bits per heavy atom. The van der Waals surface area contributed by atoms with Crippen molar-refractivity contribution >= 4 is 22.5 Å². The van der Waals surface area contributed by atoms with Crippen LogP contribution in [0.5, 0.6) is 11.5 Å². The predicted molar refractivity (Wildman–Crippen MR) is 94.8 cm³/mol. The minimum absolute atomic E-state index is 0.124. The standard InChI is InChI=1S/C19H17N3O3/c1-24-15-5-6-18(25-2)16(10-15)21-19(23)12-22-8-7-14-4-3-13(11-20)9-17(14)22/h3-10H,12H2,1-2H3,(H,21,23). The molecule has 0 aliphatic heterocycles. The molecule has 0 saturated carbocycles. The van der Waals surface area contributed by atoms with Gasteiger partial charge >= 0.3 is 0 Å². The molecule has 3 rings (SSSR count). The van der Waals surface area contributed by atoms with Gasteiger partial charge in [-0.2, -0.15) is 5.26 Å². The zero-order valence-electron chi connectivity index (χ0n) is 13.9. The van der Waals surface area contributed by atoms with Crippen LogP contribution >= 0.6 is 0 Å². The molecule has 0 aliphatic rings. The summed E-state index contributed by atoms with van der Waals surface area (Å²) in [5.41, 5.74) is 1.94. The Morgan fingerprint density at radius 3 is 2.72 bits per heavy atom. The Hall–Kier alpha value is -3.46. The summed E-state index contributed by atoms with van der Waals surface area (Å²) < 4.78 is 12.3. The van der Waals surface area contributed by atoms with Crippen molar-refractivity contribution in [3.05, 3.63) is 54.2 Å². The average Bonchev–Trinajstić information content (AvgIpc) is 3.03. The number of nitrogens with one attached hydrogen (secondary N) is 1. The number of ether oxygens (including phenoxy) is 2. The fourth-order valence-electron chi connectivity index (χ4n) is 2.65. The molecule has 0 bridgehead atoms. The quantitative estimate of drug-likeness (QED) is 0.777. The van der Waals surface area contributed by atoms with Gasteiger partial charge in [0.1, 0.15) is 18.0 Å². The Kier molecular flexibility index (Phi) is 4.57. The molecular formula is C19H17N3O3. The average molecular weight is 335 g/mol. The number of anilines is 1. The van der Waals surface area contributed by atoms with Gasteiger partial charge in [0.05, 0.1) is 31.5 Å². The third kappa shape index (κ3) is 3.40. The number of aromatic nitrogens is 1. The largest absolute Gasteiger partial charge is 0.497 e. The first-order valence-corrected chi connectivity index (χ1v) is 7.65. The first kappa shape index (κ1) is 16.4. The Bertz CT molecular complexity index is 970. The van der Waals surface area contributed by atoms with Crippen molar-refractivity contribution in [1.29, 1.82) is 5.26 Å². The highest BCUT2D eigenvalue weighted by Gasteiger charge is 2.11. The molecule has 2 aromatic carbocycles. The van der Waals surface area contributed by atoms with E-state index in [0.717, 1.165) is 10.9 Å². The van der Waals surface area contributed by atoms with Crippen molar-refractivity contribution in [1.82, 2.24) is 4.57 Å². The van der Waals surface area contributed by atoms with E-state index in [1.807, 2.05) is 18.3 Å². The highest BCUT2D eigenvalue weighted by atomic mass is 16.5. The van der Waals surface area contributed by atoms with Gasteiger partial charge in [0.15, 0.2) is 0 Å². The van der Waals surface area contributed by atoms with E-state index >= 15 is 0 Å². The summed E-state index contributed by atoms with van der Waals surface area (Å²) in [5.74, 6) is 0.978. The minimum Gasteiger partial charge on any atom is -0.497 e. The molecule has 1 aromatic heterocycles. The highest BCUT2D eigenvalue weighted by molar-refractivity contribution is 5.93.